The molecule has 1 aromatic carbocycles. The van der Waals surface area contributed by atoms with Crippen molar-refractivity contribution in [1.29, 1.82) is 5.26 Å². The van der Waals surface area contributed by atoms with Gasteiger partial charge in [-0.15, -0.1) is 0 Å². The maximum atomic E-state index is 12.0. The second-order valence-corrected chi connectivity index (χ2v) is 6.11. The number of fused-ring (bicyclic) bond motifs is 1. The number of hydrogen-bond donors (Lipinski definition) is 0. The first-order valence-electron chi connectivity index (χ1n) is 5.93. The molecule has 1 aliphatic rings. The van der Waals surface area contributed by atoms with Crippen LogP contribution < -0.4 is 4.90 Å². The first-order valence-corrected chi connectivity index (χ1v) is 6.72. The first-order chi connectivity index (χ1) is 8.85. The molecule has 0 saturated carbocycles. The molecule has 0 unspecified atom stereocenters. The lowest BCUT2D eigenvalue weighted by molar-refractivity contribution is -0.114. The zero-order valence-electron chi connectivity index (χ0n) is 10.7. The summed E-state index contributed by atoms with van der Waals surface area (Å²) in [7, 11) is 0. The van der Waals surface area contributed by atoms with E-state index in [1.165, 1.54) is 4.90 Å². The van der Waals surface area contributed by atoms with Crippen LogP contribution in [0.1, 0.15) is 30.6 Å². The van der Waals surface area contributed by atoms with Gasteiger partial charge >= 0.3 is 0 Å². The van der Waals surface area contributed by atoms with Gasteiger partial charge < -0.3 is 4.90 Å². The van der Waals surface area contributed by atoms with Gasteiger partial charge in [-0.25, -0.2) is 0 Å². The number of Topliss-reactive ketones (excluding diaryl/α,β-unsaturated/α-hetero) is 1. The van der Waals surface area contributed by atoms with Crippen molar-refractivity contribution in [1.82, 2.24) is 0 Å². The second-order valence-electron chi connectivity index (χ2n) is 5.19. The minimum atomic E-state index is -0.512. The molecular weight excluding hydrogens is 308 g/mol. The van der Waals surface area contributed by atoms with Crippen molar-refractivity contribution in [3.05, 3.63) is 28.2 Å². The Balaban J connectivity index is 2.27. The molecule has 0 aromatic heterocycles. The summed E-state index contributed by atoms with van der Waals surface area (Å²) in [5, 5.41) is 8.99. The van der Waals surface area contributed by atoms with E-state index < -0.39 is 17.1 Å². The predicted molar refractivity (Wildman–Crippen MR) is 74.8 cm³/mol. The van der Waals surface area contributed by atoms with Crippen LogP contribution >= 0.6 is 15.9 Å². The van der Waals surface area contributed by atoms with Gasteiger partial charge in [-0.05, 0) is 38.5 Å². The maximum Gasteiger partial charge on any atom is 0.299 e. The van der Waals surface area contributed by atoms with Crippen LogP contribution in [0.5, 0.6) is 0 Å². The molecule has 0 bridgehead atoms. The normalized spacial score (nSPS) is 14.5. The first kappa shape index (κ1) is 13.8. The summed E-state index contributed by atoms with van der Waals surface area (Å²) in [5.74, 6) is -0.993. The van der Waals surface area contributed by atoms with Crippen molar-refractivity contribution in [3.63, 3.8) is 0 Å². The van der Waals surface area contributed by atoms with Crippen molar-refractivity contribution in [2.24, 2.45) is 5.41 Å². The lowest BCUT2D eigenvalue weighted by Gasteiger charge is -2.21. The molecule has 19 heavy (non-hydrogen) atoms. The summed E-state index contributed by atoms with van der Waals surface area (Å²) >= 11 is 3.29. The minimum absolute atomic E-state index is 0.375. The Labute approximate surface area is 120 Å². The molecule has 0 saturated heterocycles. The van der Waals surface area contributed by atoms with E-state index in [2.05, 4.69) is 22.0 Å². The minimum Gasteiger partial charge on any atom is -0.305 e. The highest BCUT2D eigenvalue weighted by atomic mass is 79.9. The topological polar surface area (TPSA) is 61.2 Å². The van der Waals surface area contributed by atoms with E-state index in [0.29, 0.717) is 24.2 Å². The number of benzene rings is 1. The molecule has 4 nitrogen and oxygen atoms in total. The third-order valence-electron chi connectivity index (χ3n) is 3.20. The Morgan fingerprint density at radius 2 is 2.05 bits per heavy atom. The SMILES string of the molecule is CC(C)(C#N)CCN1C(=O)C(=O)c2cc(Br)ccc21. The molecule has 98 valence electrons. The highest BCUT2D eigenvalue weighted by Crippen LogP contribution is 2.32. The Kier molecular flexibility index (Phi) is 3.46. The number of nitrogens with zero attached hydrogens (tertiary/aromatic N) is 2. The number of hydrogen-bond acceptors (Lipinski definition) is 3. The van der Waals surface area contributed by atoms with Crippen molar-refractivity contribution in [3.8, 4) is 6.07 Å². The van der Waals surface area contributed by atoms with E-state index in [1.54, 1.807) is 18.2 Å². The number of carbonyl (C=O) groups is 2. The molecule has 0 N–H and O–H groups in total. The fraction of sp³-hybridized carbons (Fsp3) is 0.357. The number of nitriles is 1. The molecule has 1 amide bonds. The zero-order chi connectivity index (χ0) is 14.2. The summed E-state index contributed by atoms with van der Waals surface area (Å²) in [4.78, 5) is 25.3. The summed E-state index contributed by atoms with van der Waals surface area (Å²) < 4.78 is 0.770. The second kappa shape index (κ2) is 4.78. The van der Waals surface area contributed by atoms with Crippen molar-refractivity contribution in [2.75, 3.05) is 11.4 Å². The Bertz CT molecular complexity index is 602. The summed E-state index contributed by atoms with van der Waals surface area (Å²) in [6, 6.07) is 7.40. The van der Waals surface area contributed by atoms with Crippen LogP contribution in [0.2, 0.25) is 0 Å². The molecule has 1 heterocycles. The predicted octanol–water partition coefficient (Wildman–Crippen LogP) is 2.92. The maximum absolute atomic E-state index is 12.0. The van der Waals surface area contributed by atoms with E-state index >= 15 is 0 Å². The van der Waals surface area contributed by atoms with Crippen LogP contribution in [0.4, 0.5) is 5.69 Å². The monoisotopic (exact) mass is 320 g/mol. The quantitative estimate of drug-likeness (QED) is 0.804. The lowest BCUT2D eigenvalue weighted by Crippen LogP contribution is -2.32. The van der Waals surface area contributed by atoms with Gasteiger partial charge in [0.25, 0.3) is 11.7 Å². The van der Waals surface area contributed by atoms with Crippen molar-refractivity contribution < 1.29 is 9.59 Å². The highest BCUT2D eigenvalue weighted by Gasteiger charge is 2.36. The number of ketones is 1. The molecule has 1 aromatic rings. The van der Waals surface area contributed by atoms with Gasteiger partial charge in [0.1, 0.15) is 0 Å². The molecular formula is C14H13BrN2O2. The summed E-state index contributed by atoms with van der Waals surface area (Å²) in [6.45, 7) is 4.01. The molecule has 0 aliphatic carbocycles. The fourth-order valence-corrected chi connectivity index (χ4v) is 2.30. The summed E-state index contributed by atoms with van der Waals surface area (Å²) in [6.07, 6.45) is 0.526. The van der Waals surface area contributed by atoms with Gasteiger partial charge in [0, 0.05) is 11.0 Å². The largest absolute Gasteiger partial charge is 0.305 e. The van der Waals surface area contributed by atoms with Gasteiger partial charge in [0.05, 0.1) is 22.7 Å². The van der Waals surface area contributed by atoms with Gasteiger partial charge in [0.15, 0.2) is 0 Å². The van der Waals surface area contributed by atoms with E-state index in [-0.39, 0.29) is 0 Å². The van der Waals surface area contributed by atoms with E-state index in [0.717, 1.165) is 4.47 Å². The van der Waals surface area contributed by atoms with Crippen molar-refractivity contribution in [2.45, 2.75) is 20.3 Å². The van der Waals surface area contributed by atoms with E-state index in [9.17, 15) is 9.59 Å². The molecule has 5 heteroatoms. The number of anilines is 1. The Morgan fingerprint density at radius 3 is 2.68 bits per heavy atom. The molecule has 0 fully saturated rings. The van der Waals surface area contributed by atoms with Crippen LogP contribution in [0.25, 0.3) is 0 Å². The molecule has 1 aliphatic heterocycles. The van der Waals surface area contributed by atoms with Gasteiger partial charge in [-0.1, -0.05) is 15.9 Å². The van der Waals surface area contributed by atoms with Crippen LogP contribution in [0.3, 0.4) is 0 Å². The highest BCUT2D eigenvalue weighted by molar-refractivity contribution is 9.10. The molecule has 0 radical (unpaired) electrons. The standard InChI is InChI=1S/C14H13BrN2O2/c1-14(2,8-16)5-6-17-11-4-3-9(15)7-10(11)12(18)13(17)19/h3-4,7H,5-6H2,1-2H3. The summed E-state index contributed by atoms with van der Waals surface area (Å²) in [5.41, 5.74) is 0.544. The fourth-order valence-electron chi connectivity index (χ4n) is 1.94. The molecule has 0 atom stereocenters. The Hall–Kier alpha value is -1.67. The van der Waals surface area contributed by atoms with Gasteiger partial charge in [-0.2, -0.15) is 5.26 Å². The third kappa shape index (κ3) is 2.54. The smallest absolute Gasteiger partial charge is 0.299 e. The lowest BCUT2D eigenvalue weighted by atomic mass is 9.91. The zero-order valence-corrected chi connectivity index (χ0v) is 12.3. The van der Waals surface area contributed by atoms with Crippen LogP contribution in [0, 0.1) is 16.7 Å². The van der Waals surface area contributed by atoms with Crippen LogP contribution in [-0.4, -0.2) is 18.2 Å². The van der Waals surface area contributed by atoms with Gasteiger partial charge in [0.2, 0.25) is 0 Å². The number of amides is 1. The van der Waals surface area contributed by atoms with E-state index in [1.807, 2.05) is 13.8 Å². The van der Waals surface area contributed by atoms with Gasteiger partial charge in [-0.3, -0.25) is 9.59 Å². The van der Waals surface area contributed by atoms with Crippen LogP contribution in [0.15, 0.2) is 22.7 Å². The molecule has 0 spiro atoms. The average molecular weight is 321 g/mol. The van der Waals surface area contributed by atoms with Crippen LogP contribution in [-0.2, 0) is 4.79 Å². The Morgan fingerprint density at radius 1 is 1.37 bits per heavy atom. The van der Waals surface area contributed by atoms with E-state index in [4.69, 9.17) is 5.26 Å². The number of carbonyl (C=O) groups excluding carboxylic acids is 2. The number of rotatable bonds is 3. The third-order valence-corrected chi connectivity index (χ3v) is 3.69. The number of halogens is 1. The molecule has 2 rings (SSSR count). The van der Waals surface area contributed by atoms with Crippen molar-refractivity contribution >= 4 is 33.3 Å². The average Bonchev–Trinajstić information content (AvgIpc) is 2.60.